The third kappa shape index (κ3) is 7.16. The molecule has 134 valence electrons. The minimum atomic E-state index is -0.760. The van der Waals surface area contributed by atoms with Crippen molar-refractivity contribution in [1.82, 2.24) is 0 Å². The van der Waals surface area contributed by atoms with E-state index in [1.165, 1.54) is 30.6 Å². The molecule has 0 aromatic heterocycles. The summed E-state index contributed by atoms with van der Waals surface area (Å²) in [5.41, 5.74) is 1.78. The van der Waals surface area contributed by atoms with Gasteiger partial charge < -0.3 is 9.64 Å². The summed E-state index contributed by atoms with van der Waals surface area (Å²) in [5.74, 6) is -1.35. The summed E-state index contributed by atoms with van der Waals surface area (Å²) in [4.78, 5) is 25.7. The van der Waals surface area contributed by atoms with Crippen molar-refractivity contribution in [2.24, 2.45) is 0 Å². The van der Waals surface area contributed by atoms with Crippen LogP contribution in [0.1, 0.15) is 64.4 Å². The van der Waals surface area contributed by atoms with Crippen LogP contribution in [-0.2, 0) is 14.3 Å². The van der Waals surface area contributed by atoms with Gasteiger partial charge in [0.2, 0.25) is 0 Å². The zero-order chi connectivity index (χ0) is 17.8. The van der Waals surface area contributed by atoms with Crippen LogP contribution in [-0.4, -0.2) is 25.0 Å². The van der Waals surface area contributed by atoms with Crippen molar-refractivity contribution in [2.75, 3.05) is 18.1 Å². The number of esters is 1. The van der Waals surface area contributed by atoms with Crippen molar-refractivity contribution in [3.05, 3.63) is 29.8 Å². The molecule has 0 fully saturated rings. The van der Waals surface area contributed by atoms with E-state index in [-0.39, 0.29) is 0 Å². The maximum Gasteiger partial charge on any atom is 0.397 e. The molecule has 0 aliphatic rings. The molecule has 0 saturated carbocycles. The molecule has 4 nitrogen and oxygen atoms in total. The number of hydrogen-bond donors (Lipinski definition) is 0. The number of nitrogens with zero attached hydrogens (tertiary/aromatic N) is 1. The zero-order valence-electron chi connectivity index (χ0n) is 15.3. The molecular weight excluding hydrogens is 302 g/mol. The Morgan fingerprint density at radius 1 is 1.00 bits per heavy atom. The molecule has 1 rings (SSSR count). The average molecular weight is 333 g/mol. The summed E-state index contributed by atoms with van der Waals surface area (Å²) >= 11 is 0. The molecule has 0 saturated heterocycles. The first kappa shape index (κ1) is 20.2. The lowest BCUT2D eigenvalue weighted by Crippen LogP contribution is -2.37. The third-order valence-corrected chi connectivity index (χ3v) is 4.03. The average Bonchev–Trinajstić information content (AvgIpc) is 2.57. The fraction of sp³-hybridized carbons (Fsp3) is 0.600. The van der Waals surface area contributed by atoms with Gasteiger partial charge in [-0.15, -0.1) is 0 Å². The topological polar surface area (TPSA) is 46.6 Å². The van der Waals surface area contributed by atoms with Gasteiger partial charge in [0.1, 0.15) is 0 Å². The molecule has 0 unspecified atom stereocenters. The number of rotatable bonds is 10. The maximum atomic E-state index is 12.3. The molecule has 1 aromatic rings. The first-order valence-electron chi connectivity index (χ1n) is 9.15. The number of carbonyl (C=O) groups is 2. The van der Waals surface area contributed by atoms with E-state index in [9.17, 15) is 9.59 Å². The van der Waals surface area contributed by atoms with Crippen LogP contribution in [0, 0.1) is 6.92 Å². The highest BCUT2D eigenvalue weighted by molar-refractivity contribution is 6.38. The Morgan fingerprint density at radius 3 is 2.29 bits per heavy atom. The molecule has 0 atom stereocenters. The molecule has 0 N–H and O–H groups in total. The summed E-state index contributed by atoms with van der Waals surface area (Å²) in [6, 6.07) is 7.56. The van der Waals surface area contributed by atoms with E-state index in [1.54, 1.807) is 0 Å². The zero-order valence-corrected chi connectivity index (χ0v) is 15.3. The lowest BCUT2D eigenvalue weighted by molar-refractivity contribution is -0.153. The van der Waals surface area contributed by atoms with Gasteiger partial charge >= 0.3 is 11.9 Å². The summed E-state index contributed by atoms with van der Waals surface area (Å²) in [6.07, 6.45) is 8.07. The second-order valence-electron chi connectivity index (χ2n) is 6.15. The van der Waals surface area contributed by atoms with Crippen LogP contribution < -0.4 is 4.90 Å². The van der Waals surface area contributed by atoms with Crippen LogP contribution >= 0.6 is 0 Å². The number of amides is 1. The number of hydrogen-bond acceptors (Lipinski definition) is 3. The summed E-state index contributed by atoms with van der Waals surface area (Å²) in [6.45, 7) is 6.77. The predicted octanol–water partition coefficient (Wildman–Crippen LogP) is 4.64. The van der Waals surface area contributed by atoms with Crippen molar-refractivity contribution in [3.63, 3.8) is 0 Å². The highest BCUT2D eigenvalue weighted by atomic mass is 16.5. The van der Waals surface area contributed by atoms with E-state index in [4.69, 9.17) is 4.74 Å². The highest BCUT2D eigenvalue weighted by Crippen LogP contribution is 2.16. The molecule has 0 radical (unpaired) electrons. The van der Waals surface area contributed by atoms with Crippen LogP contribution in [0.5, 0.6) is 0 Å². The first-order valence-corrected chi connectivity index (χ1v) is 9.15. The molecule has 0 heterocycles. The SMILES string of the molecule is CCCCCCCCCOC(=O)C(=O)N(CC)c1cccc(C)c1. The van der Waals surface area contributed by atoms with Crippen LogP contribution in [0.4, 0.5) is 5.69 Å². The van der Waals surface area contributed by atoms with Gasteiger partial charge in [-0.2, -0.15) is 0 Å². The van der Waals surface area contributed by atoms with Gasteiger partial charge in [0.25, 0.3) is 0 Å². The van der Waals surface area contributed by atoms with Crippen molar-refractivity contribution in [1.29, 1.82) is 0 Å². The first-order chi connectivity index (χ1) is 11.6. The second kappa shape index (κ2) is 11.7. The van der Waals surface area contributed by atoms with Gasteiger partial charge in [0, 0.05) is 12.2 Å². The predicted molar refractivity (Wildman–Crippen MR) is 98.2 cm³/mol. The minimum Gasteiger partial charge on any atom is -0.459 e. The van der Waals surface area contributed by atoms with Gasteiger partial charge in [0.15, 0.2) is 0 Å². The fourth-order valence-corrected chi connectivity index (χ4v) is 2.64. The number of likely N-dealkylation sites (N-methyl/N-ethyl adjacent to an activating group) is 1. The quantitative estimate of drug-likeness (QED) is 0.356. The largest absolute Gasteiger partial charge is 0.459 e. The summed E-state index contributed by atoms with van der Waals surface area (Å²) in [5, 5.41) is 0. The Balaban J connectivity index is 2.34. The van der Waals surface area contributed by atoms with Crippen molar-refractivity contribution >= 4 is 17.6 Å². The van der Waals surface area contributed by atoms with Gasteiger partial charge in [-0.05, 0) is 38.0 Å². The van der Waals surface area contributed by atoms with E-state index < -0.39 is 11.9 Å². The smallest absolute Gasteiger partial charge is 0.397 e. The molecule has 0 bridgehead atoms. The van der Waals surface area contributed by atoms with E-state index in [1.807, 2.05) is 38.1 Å². The van der Waals surface area contributed by atoms with Gasteiger partial charge in [-0.25, -0.2) is 4.79 Å². The van der Waals surface area contributed by atoms with Gasteiger partial charge in [-0.1, -0.05) is 57.6 Å². The van der Waals surface area contributed by atoms with Crippen LogP contribution in [0.3, 0.4) is 0 Å². The molecule has 1 amide bonds. The summed E-state index contributed by atoms with van der Waals surface area (Å²) < 4.78 is 5.14. The monoisotopic (exact) mass is 333 g/mol. The highest BCUT2D eigenvalue weighted by Gasteiger charge is 2.23. The molecule has 24 heavy (non-hydrogen) atoms. The van der Waals surface area contributed by atoms with E-state index in [0.717, 1.165) is 30.5 Å². The Bertz CT molecular complexity index is 513. The minimum absolute atomic E-state index is 0.323. The number of carbonyl (C=O) groups excluding carboxylic acids is 2. The van der Waals surface area contributed by atoms with Crippen LogP contribution in [0.25, 0.3) is 0 Å². The van der Waals surface area contributed by atoms with Crippen molar-refractivity contribution in [2.45, 2.75) is 65.7 Å². The Labute approximate surface area is 146 Å². The molecule has 4 heteroatoms. The number of unbranched alkanes of at least 4 members (excludes halogenated alkanes) is 6. The van der Waals surface area contributed by atoms with E-state index >= 15 is 0 Å². The third-order valence-electron chi connectivity index (χ3n) is 4.03. The number of anilines is 1. The molecule has 0 spiro atoms. The second-order valence-corrected chi connectivity index (χ2v) is 6.15. The molecule has 0 aliphatic heterocycles. The standard InChI is InChI=1S/C20H31NO3/c1-4-6-7-8-9-10-11-15-24-20(23)19(22)21(5-2)18-14-12-13-17(3)16-18/h12-14,16H,4-11,15H2,1-3H3. The van der Waals surface area contributed by atoms with E-state index in [2.05, 4.69) is 6.92 Å². The van der Waals surface area contributed by atoms with Crippen LogP contribution in [0.2, 0.25) is 0 Å². The molecular formula is C20H31NO3. The van der Waals surface area contributed by atoms with Gasteiger partial charge in [-0.3, -0.25) is 4.79 Å². The lowest BCUT2D eigenvalue weighted by atomic mass is 10.1. The lowest BCUT2D eigenvalue weighted by Gasteiger charge is -2.20. The van der Waals surface area contributed by atoms with Crippen molar-refractivity contribution < 1.29 is 14.3 Å². The van der Waals surface area contributed by atoms with Crippen LogP contribution in [0.15, 0.2) is 24.3 Å². The number of ether oxygens (including phenoxy) is 1. The fourth-order valence-electron chi connectivity index (χ4n) is 2.64. The maximum absolute atomic E-state index is 12.3. The Morgan fingerprint density at radius 2 is 1.67 bits per heavy atom. The summed E-state index contributed by atoms with van der Waals surface area (Å²) in [7, 11) is 0. The number of benzene rings is 1. The van der Waals surface area contributed by atoms with Gasteiger partial charge in [0.05, 0.1) is 6.61 Å². The molecule has 1 aromatic carbocycles. The van der Waals surface area contributed by atoms with Crippen molar-refractivity contribution in [3.8, 4) is 0 Å². The molecule has 0 aliphatic carbocycles. The Kier molecular flexibility index (Phi) is 9.81. The normalized spacial score (nSPS) is 10.5. The Hall–Kier alpha value is -1.84. The number of aryl methyl sites for hydroxylation is 1. The van der Waals surface area contributed by atoms with E-state index in [0.29, 0.717) is 13.2 Å².